The number of carbonyl (C=O) groups is 1. The number of benzene rings is 3. The minimum Gasteiger partial charge on any atom is -0.311 e. The summed E-state index contributed by atoms with van der Waals surface area (Å²) in [5, 5.41) is 9.34. The van der Waals surface area contributed by atoms with Gasteiger partial charge in [-0.05, 0) is 48.7 Å². The Kier molecular flexibility index (Phi) is 5.73. The highest BCUT2D eigenvalue weighted by molar-refractivity contribution is 7.99. The SMILES string of the molecule is O=C(CSc1nnc(-c2ccccc2)n1-c1ccc(F)cc1)N1CCCc2ccccc21. The van der Waals surface area contributed by atoms with Gasteiger partial charge in [-0.15, -0.1) is 10.2 Å². The molecular weight excluding hydrogens is 423 g/mol. The summed E-state index contributed by atoms with van der Waals surface area (Å²) in [5.74, 6) is 0.617. The lowest BCUT2D eigenvalue weighted by atomic mass is 10.0. The Labute approximate surface area is 189 Å². The van der Waals surface area contributed by atoms with Gasteiger partial charge in [0.25, 0.3) is 0 Å². The summed E-state index contributed by atoms with van der Waals surface area (Å²) in [5.41, 5.74) is 3.84. The molecular formula is C25H21FN4OS. The average Bonchev–Trinajstić information content (AvgIpc) is 3.27. The van der Waals surface area contributed by atoms with Crippen molar-refractivity contribution in [2.24, 2.45) is 0 Å². The number of hydrogen-bond donors (Lipinski definition) is 0. The van der Waals surface area contributed by atoms with Crippen molar-refractivity contribution in [1.82, 2.24) is 14.8 Å². The van der Waals surface area contributed by atoms with Gasteiger partial charge in [-0.3, -0.25) is 9.36 Å². The van der Waals surface area contributed by atoms with E-state index in [1.54, 1.807) is 12.1 Å². The van der Waals surface area contributed by atoms with E-state index in [1.165, 1.54) is 29.5 Å². The van der Waals surface area contributed by atoms with Crippen LogP contribution in [-0.4, -0.2) is 33.0 Å². The molecule has 0 bridgehead atoms. The lowest BCUT2D eigenvalue weighted by molar-refractivity contribution is -0.116. The van der Waals surface area contributed by atoms with Crippen LogP contribution in [0.4, 0.5) is 10.1 Å². The van der Waals surface area contributed by atoms with Crippen LogP contribution in [0.5, 0.6) is 0 Å². The topological polar surface area (TPSA) is 51.0 Å². The molecule has 1 amide bonds. The number of rotatable bonds is 5. The van der Waals surface area contributed by atoms with E-state index < -0.39 is 0 Å². The first-order valence-electron chi connectivity index (χ1n) is 10.5. The fourth-order valence-corrected chi connectivity index (χ4v) is 4.79. The Morgan fingerprint density at radius 2 is 1.69 bits per heavy atom. The predicted molar refractivity (Wildman–Crippen MR) is 125 cm³/mol. The van der Waals surface area contributed by atoms with E-state index in [1.807, 2.05) is 58.0 Å². The molecule has 1 aliphatic rings. The van der Waals surface area contributed by atoms with Crippen molar-refractivity contribution in [2.45, 2.75) is 18.0 Å². The molecule has 0 spiro atoms. The second kappa shape index (κ2) is 8.96. The smallest absolute Gasteiger partial charge is 0.237 e. The Hall–Kier alpha value is -3.45. The highest BCUT2D eigenvalue weighted by Gasteiger charge is 2.24. The first-order chi connectivity index (χ1) is 15.7. The number of carbonyl (C=O) groups excluding carboxylic acids is 1. The lowest BCUT2D eigenvalue weighted by Gasteiger charge is -2.29. The van der Waals surface area contributed by atoms with Crippen LogP contribution in [0.25, 0.3) is 17.1 Å². The van der Waals surface area contributed by atoms with Crippen LogP contribution < -0.4 is 4.90 Å². The van der Waals surface area contributed by atoms with E-state index in [0.29, 0.717) is 11.0 Å². The molecule has 5 rings (SSSR count). The molecule has 1 aliphatic heterocycles. The normalized spacial score (nSPS) is 13.1. The standard InChI is InChI=1S/C25H21FN4OS/c26-20-12-14-21(15-13-20)30-24(19-8-2-1-3-9-19)27-28-25(30)32-17-23(31)29-16-6-10-18-7-4-5-11-22(18)29/h1-5,7-9,11-15H,6,10,16-17H2. The molecule has 0 saturated carbocycles. The number of aryl methyl sites for hydroxylation is 1. The summed E-state index contributed by atoms with van der Waals surface area (Å²) in [6.45, 7) is 0.719. The molecule has 0 fully saturated rings. The summed E-state index contributed by atoms with van der Waals surface area (Å²) in [6.07, 6.45) is 1.95. The van der Waals surface area contributed by atoms with Crippen LogP contribution in [-0.2, 0) is 11.2 Å². The van der Waals surface area contributed by atoms with Crippen molar-refractivity contribution in [1.29, 1.82) is 0 Å². The van der Waals surface area contributed by atoms with Crippen LogP contribution in [0, 0.1) is 5.82 Å². The van der Waals surface area contributed by atoms with Gasteiger partial charge in [-0.25, -0.2) is 4.39 Å². The van der Waals surface area contributed by atoms with Gasteiger partial charge >= 0.3 is 0 Å². The fourth-order valence-electron chi connectivity index (χ4n) is 3.96. The molecule has 0 unspecified atom stereocenters. The molecule has 4 aromatic rings. The molecule has 2 heterocycles. The monoisotopic (exact) mass is 444 g/mol. The molecule has 0 radical (unpaired) electrons. The first-order valence-corrected chi connectivity index (χ1v) is 11.5. The number of fused-ring (bicyclic) bond motifs is 1. The second-order valence-corrected chi connectivity index (χ2v) is 8.49. The molecule has 5 nitrogen and oxygen atoms in total. The van der Waals surface area contributed by atoms with E-state index in [2.05, 4.69) is 16.3 Å². The summed E-state index contributed by atoms with van der Waals surface area (Å²) in [4.78, 5) is 15.0. The zero-order chi connectivity index (χ0) is 21.9. The Bertz CT molecular complexity index is 1240. The van der Waals surface area contributed by atoms with Gasteiger partial charge < -0.3 is 4.90 Å². The number of aromatic nitrogens is 3. The molecule has 0 atom stereocenters. The molecule has 0 saturated heterocycles. The minimum atomic E-state index is -0.309. The molecule has 3 aromatic carbocycles. The molecule has 160 valence electrons. The van der Waals surface area contributed by atoms with Crippen LogP contribution in [0.1, 0.15) is 12.0 Å². The maximum absolute atomic E-state index is 13.5. The number of hydrogen-bond acceptors (Lipinski definition) is 4. The lowest BCUT2D eigenvalue weighted by Crippen LogP contribution is -2.36. The maximum Gasteiger partial charge on any atom is 0.237 e. The molecule has 1 aromatic heterocycles. The van der Waals surface area contributed by atoms with E-state index in [-0.39, 0.29) is 17.5 Å². The van der Waals surface area contributed by atoms with Crippen molar-refractivity contribution >= 4 is 23.4 Å². The van der Waals surface area contributed by atoms with E-state index >= 15 is 0 Å². The molecule has 0 aliphatic carbocycles. The van der Waals surface area contributed by atoms with Gasteiger partial charge in [-0.2, -0.15) is 0 Å². The van der Waals surface area contributed by atoms with Gasteiger partial charge in [-0.1, -0.05) is 60.3 Å². The number of para-hydroxylation sites is 1. The third kappa shape index (κ3) is 4.03. The van der Waals surface area contributed by atoms with Crippen molar-refractivity contribution in [3.63, 3.8) is 0 Å². The highest BCUT2D eigenvalue weighted by Crippen LogP contribution is 2.30. The molecule has 32 heavy (non-hydrogen) atoms. The second-order valence-electron chi connectivity index (χ2n) is 7.55. The minimum absolute atomic E-state index is 0.0390. The van der Waals surface area contributed by atoms with Crippen LogP contribution >= 0.6 is 11.8 Å². The van der Waals surface area contributed by atoms with Gasteiger partial charge in [0, 0.05) is 23.5 Å². The average molecular weight is 445 g/mol. The van der Waals surface area contributed by atoms with Gasteiger partial charge in [0.15, 0.2) is 11.0 Å². The number of nitrogens with zero attached hydrogens (tertiary/aromatic N) is 4. The summed E-state index contributed by atoms with van der Waals surface area (Å²) < 4.78 is 15.4. The van der Waals surface area contributed by atoms with E-state index in [9.17, 15) is 9.18 Å². The fraction of sp³-hybridized carbons (Fsp3) is 0.160. The first kappa shape index (κ1) is 20.5. The Balaban J connectivity index is 1.44. The van der Waals surface area contributed by atoms with Crippen LogP contribution in [0.15, 0.2) is 84.0 Å². The van der Waals surface area contributed by atoms with Crippen molar-refractivity contribution in [3.05, 3.63) is 90.2 Å². The number of amides is 1. The maximum atomic E-state index is 13.5. The largest absolute Gasteiger partial charge is 0.311 e. The van der Waals surface area contributed by atoms with Crippen molar-refractivity contribution in [2.75, 3.05) is 17.2 Å². The van der Waals surface area contributed by atoms with Crippen molar-refractivity contribution < 1.29 is 9.18 Å². The van der Waals surface area contributed by atoms with E-state index in [4.69, 9.17) is 0 Å². The third-order valence-corrected chi connectivity index (χ3v) is 6.40. The zero-order valence-corrected chi connectivity index (χ0v) is 18.1. The van der Waals surface area contributed by atoms with Crippen molar-refractivity contribution in [3.8, 4) is 17.1 Å². The van der Waals surface area contributed by atoms with E-state index in [0.717, 1.165) is 36.3 Å². The molecule has 0 N–H and O–H groups in total. The van der Waals surface area contributed by atoms with Gasteiger partial charge in [0.1, 0.15) is 5.82 Å². The summed E-state index contributed by atoms with van der Waals surface area (Å²) >= 11 is 1.34. The predicted octanol–water partition coefficient (Wildman–Crippen LogP) is 5.14. The number of halogens is 1. The van der Waals surface area contributed by atoms with Crippen LogP contribution in [0.2, 0.25) is 0 Å². The Morgan fingerprint density at radius 1 is 0.938 bits per heavy atom. The quantitative estimate of drug-likeness (QED) is 0.400. The van der Waals surface area contributed by atoms with Gasteiger partial charge in [0.2, 0.25) is 5.91 Å². The highest BCUT2D eigenvalue weighted by atomic mass is 32.2. The number of thioether (sulfide) groups is 1. The summed E-state index contributed by atoms with van der Waals surface area (Å²) in [6, 6.07) is 24.0. The third-order valence-electron chi connectivity index (χ3n) is 5.49. The number of anilines is 1. The molecule has 7 heteroatoms. The zero-order valence-electron chi connectivity index (χ0n) is 17.3. The van der Waals surface area contributed by atoms with Crippen LogP contribution in [0.3, 0.4) is 0 Å². The summed E-state index contributed by atoms with van der Waals surface area (Å²) in [7, 11) is 0. The Morgan fingerprint density at radius 3 is 2.50 bits per heavy atom. The van der Waals surface area contributed by atoms with Gasteiger partial charge in [0.05, 0.1) is 5.75 Å².